The molecule has 0 unspecified atom stereocenters. The fourth-order valence-electron chi connectivity index (χ4n) is 1.81. The molecule has 1 aromatic carbocycles. The SMILES string of the molecule is COC(=O)COc1cc(Br)cc(C(=O)N[C@@H](CC(=O)OC)C(=O)OC)c1. The number of methoxy groups -OCH3 is 3. The van der Waals surface area contributed by atoms with Crippen molar-refractivity contribution in [3.63, 3.8) is 0 Å². The van der Waals surface area contributed by atoms with Crippen LogP contribution in [0.25, 0.3) is 0 Å². The summed E-state index contributed by atoms with van der Waals surface area (Å²) >= 11 is 3.22. The highest BCUT2D eigenvalue weighted by Crippen LogP contribution is 2.22. The van der Waals surface area contributed by atoms with Crippen LogP contribution in [-0.4, -0.2) is 57.8 Å². The highest BCUT2D eigenvalue weighted by Gasteiger charge is 2.26. The van der Waals surface area contributed by atoms with Crippen molar-refractivity contribution >= 4 is 39.7 Å². The first-order valence-electron chi connectivity index (χ1n) is 7.26. The lowest BCUT2D eigenvalue weighted by Crippen LogP contribution is -2.43. The minimum Gasteiger partial charge on any atom is -0.482 e. The molecule has 0 aromatic heterocycles. The van der Waals surface area contributed by atoms with Gasteiger partial charge in [0, 0.05) is 10.0 Å². The molecular weight excluding hydrogens is 414 g/mol. The number of hydrogen-bond donors (Lipinski definition) is 1. The van der Waals surface area contributed by atoms with Crippen molar-refractivity contribution in [2.45, 2.75) is 12.5 Å². The van der Waals surface area contributed by atoms with Crippen molar-refractivity contribution in [2.75, 3.05) is 27.9 Å². The van der Waals surface area contributed by atoms with Crippen molar-refractivity contribution in [3.05, 3.63) is 28.2 Å². The summed E-state index contributed by atoms with van der Waals surface area (Å²) in [6.45, 7) is -0.332. The average molecular weight is 432 g/mol. The second-order valence-corrected chi connectivity index (χ2v) is 5.79. The number of esters is 3. The van der Waals surface area contributed by atoms with Gasteiger partial charge in [0.15, 0.2) is 6.61 Å². The second kappa shape index (κ2) is 10.4. The largest absolute Gasteiger partial charge is 0.482 e. The number of carbonyl (C=O) groups excluding carboxylic acids is 4. The van der Waals surface area contributed by atoms with Crippen LogP contribution >= 0.6 is 15.9 Å². The lowest BCUT2D eigenvalue weighted by atomic mass is 10.1. The van der Waals surface area contributed by atoms with Crippen LogP contribution < -0.4 is 10.1 Å². The zero-order valence-electron chi connectivity index (χ0n) is 14.4. The van der Waals surface area contributed by atoms with Crippen molar-refractivity contribution in [1.29, 1.82) is 0 Å². The smallest absolute Gasteiger partial charge is 0.343 e. The zero-order chi connectivity index (χ0) is 19.7. The van der Waals surface area contributed by atoms with Crippen LogP contribution in [0.2, 0.25) is 0 Å². The molecule has 0 spiro atoms. The normalized spacial score (nSPS) is 11.1. The van der Waals surface area contributed by atoms with E-state index in [-0.39, 0.29) is 24.3 Å². The van der Waals surface area contributed by atoms with Crippen LogP contribution in [0.5, 0.6) is 5.75 Å². The summed E-state index contributed by atoms with van der Waals surface area (Å²) in [5.74, 6) is -2.47. The molecule has 10 heteroatoms. The van der Waals surface area contributed by atoms with Gasteiger partial charge in [-0.3, -0.25) is 9.59 Å². The Morgan fingerprint density at radius 1 is 1.00 bits per heavy atom. The molecule has 1 amide bonds. The van der Waals surface area contributed by atoms with Crippen LogP contribution in [0.3, 0.4) is 0 Å². The number of nitrogens with one attached hydrogen (secondary N) is 1. The predicted octanol–water partition coefficient (Wildman–Crippen LogP) is 0.835. The molecule has 0 heterocycles. The molecule has 1 N–H and O–H groups in total. The van der Waals surface area contributed by atoms with E-state index in [0.29, 0.717) is 4.47 Å². The molecule has 0 saturated carbocycles. The average Bonchev–Trinajstić information content (AvgIpc) is 2.63. The molecule has 1 aromatic rings. The summed E-state index contributed by atoms with van der Waals surface area (Å²) in [6, 6.07) is 3.19. The van der Waals surface area contributed by atoms with Crippen molar-refractivity contribution in [2.24, 2.45) is 0 Å². The Morgan fingerprint density at radius 3 is 2.23 bits per heavy atom. The molecule has 0 saturated heterocycles. The first-order chi connectivity index (χ1) is 12.3. The quantitative estimate of drug-likeness (QED) is 0.475. The topological polar surface area (TPSA) is 117 Å². The molecule has 0 radical (unpaired) electrons. The van der Waals surface area contributed by atoms with Crippen LogP contribution in [0.1, 0.15) is 16.8 Å². The van der Waals surface area contributed by atoms with Crippen LogP contribution in [0, 0.1) is 0 Å². The lowest BCUT2D eigenvalue weighted by Gasteiger charge is -2.16. The van der Waals surface area contributed by atoms with Crippen molar-refractivity contribution < 1.29 is 38.1 Å². The summed E-state index contributed by atoms with van der Waals surface area (Å²) in [5.41, 5.74) is 0.137. The van der Waals surface area contributed by atoms with Gasteiger partial charge < -0.3 is 24.3 Å². The number of rotatable bonds is 8. The zero-order valence-corrected chi connectivity index (χ0v) is 16.0. The molecule has 26 heavy (non-hydrogen) atoms. The molecule has 0 fully saturated rings. The Bertz CT molecular complexity index is 691. The molecular formula is C16H18BrNO8. The molecule has 0 aliphatic rings. The molecule has 0 bridgehead atoms. The van der Waals surface area contributed by atoms with Crippen molar-refractivity contribution in [1.82, 2.24) is 5.32 Å². The maximum absolute atomic E-state index is 12.4. The monoisotopic (exact) mass is 431 g/mol. The van der Waals surface area contributed by atoms with E-state index in [1.807, 2.05) is 0 Å². The van der Waals surface area contributed by atoms with Gasteiger partial charge in [-0.15, -0.1) is 0 Å². The van der Waals surface area contributed by atoms with Gasteiger partial charge in [-0.05, 0) is 18.2 Å². The predicted molar refractivity (Wildman–Crippen MR) is 91.6 cm³/mol. The van der Waals surface area contributed by atoms with Crippen molar-refractivity contribution in [3.8, 4) is 5.75 Å². The Labute approximate surface area is 158 Å². The highest BCUT2D eigenvalue weighted by atomic mass is 79.9. The minimum atomic E-state index is -1.21. The number of ether oxygens (including phenoxy) is 4. The molecule has 0 aliphatic heterocycles. The molecule has 1 rings (SSSR count). The number of amides is 1. The third-order valence-electron chi connectivity index (χ3n) is 3.11. The van der Waals surface area contributed by atoms with Gasteiger partial charge in [0.05, 0.1) is 27.8 Å². The Hall–Kier alpha value is -2.62. The van der Waals surface area contributed by atoms with E-state index in [0.717, 1.165) is 14.2 Å². The molecule has 9 nitrogen and oxygen atoms in total. The van der Waals surface area contributed by atoms with E-state index < -0.39 is 29.9 Å². The van der Waals surface area contributed by atoms with Gasteiger partial charge in [-0.25, -0.2) is 9.59 Å². The highest BCUT2D eigenvalue weighted by molar-refractivity contribution is 9.10. The van der Waals surface area contributed by atoms with Gasteiger partial charge >= 0.3 is 17.9 Å². The van der Waals surface area contributed by atoms with Gasteiger partial charge in [-0.1, -0.05) is 15.9 Å². The summed E-state index contributed by atoms with van der Waals surface area (Å²) in [5, 5.41) is 2.40. The number of carbonyl (C=O) groups is 4. The minimum absolute atomic E-state index is 0.137. The molecule has 0 aliphatic carbocycles. The Morgan fingerprint density at radius 2 is 1.65 bits per heavy atom. The van der Waals surface area contributed by atoms with E-state index in [9.17, 15) is 19.2 Å². The second-order valence-electron chi connectivity index (χ2n) is 4.87. The van der Waals surface area contributed by atoms with E-state index in [1.54, 1.807) is 6.07 Å². The third-order valence-corrected chi connectivity index (χ3v) is 3.57. The fourth-order valence-corrected chi connectivity index (χ4v) is 2.28. The summed E-state index contributed by atoms with van der Waals surface area (Å²) < 4.78 is 19.3. The maximum atomic E-state index is 12.4. The molecule has 1 atom stereocenters. The van der Waals surface area contributed by atoms with Crippen LogP contribution in [0.4, 0.5) is 0 Å². The number of benzene rings is 1. The van der Waals surface area contributed by atoms with Gasteiger partial charge in [0.1, 0.15) is 11.8 Å². The Balaban J connectivity index is 2.92. The summed E-state index contributed by atoms with van der Waals surface area (Å²) in [4.78, 5) is 46.7. The first-order valence-corrected chi connectivity index (χ1v) is 8.05. The maximum Gasteiger partial charge on any atom is 0.343 e. The molecule has 142 valence electrons. The lowest BCUT2D eigenvalue weighted by molar-refractivity contribution is -0.149. The van der Waals surface area contributed by atoms with Crippen LogP contribution in [-0.2, 0) is 28.6 Å². The summed E-state index contributed by atoms with van der Waals surface area (Å²) in [7, 11) is 3.52. The fraction of sp³-hybridized carbons (Fsp3) is 0.375. The van der Waals surface area contributed by atoms with E-state index in [4.69, 9.17) is 4.74 Å². The van der Waals surface area contributed by atoms with E-state index in [2.05, 4.69) is 35.5 Å². The Kier molecular flexibility index (Phi) is 8.56. The van der Waals surface area contributed by atoms with Gasteiger partial charge in [0.25, 0.3) is 5.91 Å². The summed E-state index contributed by atoms with van der Waals surface area (Å²) in [6.07, 6.45) is -0.380. The first kappa shape index (κ1) is 21.4. The number of halogens is 1. The standard InChI is InChI=1S/C16H18BrNO8/c1-23-13(19)7-12(16(22)25-3)18-15(21)9-4-10(17)6-11(5-9)26-8-14(20)24-2/h4-6,12H,7-8H2,1-3H3,(H,18,21)/t12-/m0/s1. The third kappa shape index (κ3) is 6.71. The number of hydrogen-bond acceptors (Lipinski definition) is 8. The van der Waals surface area contributed by atoms with Gasteiger partial charge in [-0.2, -0.15) is 0 Å². The van der Waals surface area contributed by atoms with E-state index >= 15 is 0 Å². The van der Waals surface area contributed by atoms with Gasteiger partial charge in [0.2, 0.25) is 0 Å². The van der Waals surface area contributed by atoms with E-state index in [1.165, 1.54) is 19.2 Å². The van der Waals surface area contributed by atoms with Crippen LogP contribution in [0.15, 0.2) is 22.7 Å².